The molecule has 0 saturated carbocycles. The molecule has 142 valence electrons. The van der Waals surface area contributed by atoms with Crippen molar-refractivity contribution in [2.45, 2.75) is 51.9 Å². The molecular formula is C22H30O4. The highest BCUT2D eigenvalue weighted by Gasteiger charge is 2.29. The van der Waals surface area contributed by atoms with Gasteiger partial charge in [-0.3, -0.25) is 0 Å². The summed E-state index contributed by atoms with van der Waals surface area (Å²) >= 11 is 0. The molecule has 0 spiro atoms. The summed E-state index contributed by atoms with van der Waals surface area (Å²) in [7, 11) is 4.74. The molecule has 2 rings (SSSR count). The van der Waals surface area contributed by atoms with E-state index in [0.29, 0.717) is 5.57 Å². The van der Waals surface area contributed by atoms with Gasteiger partial charge in [0.15, 0.2) is 0 Å². The Bertz CT molecular complexity index is 675. The number of hydrogen-bond donors (Lipinski definition) is 0. The van der Waals surface area contributed by atoms with E-state index in [1.807, 2.05) is 6.08 Å². The number of esters is 1. The summed E-state index contributed by atoms with van der Waals surface area (Å²) in [5.41, 5.74) is 3.91. The van der Waals surface area contributed by atoms with Crippen LogP contribution in [0.4, 0.5) is 0 Å². The van der Waals surface area contributed by atoms with Crippen molar-refractivity contribution >= 4 is 5.97 Å². The number of carbonyl (C=O) groups excluding carboxylic acids is 1. The fourth-order valence-corrected chi connectivity index (χ4v) is 3.43. The number of methoxy groups -OCH3 is 3. The van der Waals surface area contributed by atoms with E-state index in [-0.39, 0.29) is 11.9 Å². The number of benzene rings is 1. The van der Waals surface area contributed by atoms with E-state index < -0.39 is 0 Å². The highest BCUT2D eigenvalue weighted by molar-refractivity contribution is 5.91. The molecule has 4 nitrogen and oxygen atoms in total. The normalized spacial score (nSPS) is 16.6. The second-order valence-corrected chi connectivity index (χ2v) is 6.72. The van der Waals surface area contributed by atoms with Gasteiger partial charge in [0, 0.05) is 17.1 Å². The molecule has 0 fully saturated rings. The first-order chi connectivity index (χ1) is 12.5. The molecule has 4 heteroatoms. The number of aryl methyl sites for hydroxylation is 1. The van der Waals surface area contributed by atoms with Gasteiger partial charge in [0.1, 0.15) is 11.5 Å². The van der Waals surface area contributed by atoms with Gasteiger partial charge in [-0.15, -0.1) is 0 Å². The lowest BCUT2D eigenvalue weighted by Crippen LogP contribution is -2.16. The van der Waals surface area contributed by atoms with Crippen LogP contribution in [0.2, 0.25) is 0 Å². The fraction of sp³-hybridized carbons (Fsp3) is 0.500. The average Bonchev–Trinajstić information content (AvgIpc) is 2.66. The highest BCUT2D eigenvalue weighted by atomic mass is 16.5. The van der Waals surface area contributed by atoms with Crippen LogP contribution in [0, 0.1) is 0 Å². The standard InChI is InChI=1S/C22H30O4/c1-6-7-8-9-16-13-19(24-3)21(20(14-16)25-4)18-12-15(2)10-11-17(18)22(23)26-5/h11-14,18H,6-10H2,1-5H3. The van der Waals surface area contributed by atoms with E-state index in [4.69, 9.17) is 14.2 Å². The van der Waals surface area contributed by atoms with Gasteiger partial charge in [0.05, 0.1) is 21.3 Å². The molecule has 0 aliphatic heterocycles. The first-order valence-corrected chi connectivity index (χ1v) is 9.26. The molecule has 1 aliphatic carbocycles. The molecule has 0 radical (unpaired) electrons. The van der Waals surface area contributed by atoms with Crippen molar-refractivity contribution in [3.63, 3.8) is 0 Å². The maximum atomic E-state index is 12.3. The zero-order valence-electron chi connectivity index (χ0n) is 16.6. The Labute approximate surface area is 156 Å². The quantitative estimate of drug-likeness (QED) is 0.374. The zero-order valence-corrected chi connectivity index (χ0v) is 16.6. The van der Waals surface area contributed by atoms with Crippen molar-refractivity contribution in [2.75, 3.05) is 21.3 Å². The Balaban J connectivity index is 2.50. The lowest BCUT2D eigenvalue weighted by molar-refractivity contribution is -0.136. The van der Waals surface area contributed by atoms with E-state index >= 15 is 0 Å². The van der Waals surface area contributed by atoms with Crippen molar-refractivity contribution in [3.05, 3.63) is 46.6 Å². The van der Waals surface area contributed by atoms with E-state index in [0.717, 1.165) is 36.3 Å². The van der Waals surface area contributed by atoms with E-state index in [1.165, 1.54) is 31.1 Å². The Morgan fingerprint density at radius 2 is 1.77 bits per heavy atom. The van der Waals surface area contributed by atoms with Gasteiger partial charge in [-0.2, -0.15) is 0 Å². The smallest absolute Gasteiger partial charge is 0.334 e. The third-order valence-corrected chi connectivity index (χ3v) is 4.84. The lowest BCUT2D eigenvalue weighted by Gasteiger charge is -2.25. The molecule has 1 atom stereocenters. The van der Waals surface area contributed by atoms with Gasteiger partial charge in [-0.05, 0) is 43.9 Å². The zero-order chi connectivity index (χ0) is 19.1. The van der Waals surface area contributed by atoms with Crippen LogP contribution in [0.5, 0.6) is 11.5 Å². The monoisotopic (exact) mass is 358 g/mol. The summed E-state index contributed by atoms with van der Waals surface area (Å²) in [5, 5.41) is 0. The molecular weight excluding hydrogens is 328 g/mol. The molecule has 0 bridgehead atoms. The van der Waals surface area contributed by atoms with Gasteiger partial charge in [0.2, 0.25) is 0 Å². The number of allylic oxidation sites excluding steroid dienone is 3. The Morgan fingerprint density at radius 1 is 1.12 bits per heavy atom. The summed E-state index contributed by atoms with van der Waals surface area (Å²) in [5.74, 6) is 0.962. The molecule has 1 unspecified atom stereocenters. The topological polar surface area (TPSA) is 44.8 Å². The van der Waals surface area contributed by atoms with E-state index in [2.05, 4.69) is 32.1 Å². The van der Waals surface area contributed by atoms with Crippen molar-refractivity contribution in [1.29, 1.82) is 0 Å². The van der Waals surface area contributed by atoms with Gasteiger partial charge < -0.3 is 14.2 Å². The first kappa shape index (κ1) is 20.1. The summed E-state index contributed by atoms with van der Waals surface area (Å²) in [6.45, 7) is 4.26. The van der Waals surface area contributed by atoms with Crippen LogP contribution in [0.25, 0.3) is 0 Å². The van der Waals surface area contributed by atoms with Crippen LogP contribution in [0.3, 0.4) is 0 Å². The Hall–Kier alpha value is -2.23. The molecule has 0 heterocycles. The van der Waals surface area contributed by atoms with Crippen molar-refractivity contribution in [2.24, 2.45) is 0 Å². The minimum atomic E-state index is -0.310. The van der Waals surface area contributed by atoms with E-state index in [9.17, 15) is 4.79 Å². The molecule has 0 saturated heterocycles. The third-order valence-electron chi connectivity index (χ3n) is 4.84. The number of carbonyl (C=O) groups is 1. The van der Waals surface area contributed by atoms with Gasteiger partial charge in [0.25, 0.3) is 0 Å². The molecule has 26 heavy (non-hydrogen) atoms. The SMILES string of the molecule is CCCCCc1cc(OC)c(C2C=C(C)CC=C2C(=O)OC)c(OC)c1. The van der Waals surface area contributed by atoms with Crippen molar-refractivity contribution < 1.29 is 19.0 Å². The minimum Gasteiger partial charge on any atom is -0.496 e. The van der Waals surface area contributed by atoms with Crippen LogP contribution in [-0.4, -0.2) is 27.3 Å². The Morgan fingerprint density at radius 3 is 2.31 bits per heavy atom. The number of hydrogen-bond acceptors (Lipinski definition) is 4. The maximum Gasteiger partial charge on any atom is 0.334 e. The van der Waals surface area contributed by atoms with Crippen LogP contribution >= 0.6 is 0 Å². The third kappa shape index (κ3) is 4.48. The average molecular weight is 358 g/mol. The lowest BCUT2D eigenvalue weighted by atomic mass is 9.83. The molecule has 1 aliphatic rings. The minimum absolute atomic E-state index is 0.231. The molecule has 1 aromatic carbocycles. The largest absolute Gasteiger partial charge is 0.496 e. The van der Waals surface area contributed by atoms with Crippen LogP contribution < -0.4 is 9.47 Å². The molecule has 0 N–H and O–H groups in total. The second-order valence-electron chi connectivity index (χ2n) is 6.72. The van der Waals surface area contributed by atoms with Crippen molar-refractivity contribution in [3.8, 4) is 11.5 Å². The van der Waals surface area contributed by atoms with Crippen LogP contribution in [-0.2, 0) is 16.0 Å². The molecule has 0 amide bonds. The summed E-state index contributed by atoms with van der Waals surface area (Å²) in [6, 6.07) is 4.14. The van der Waals surface area contributed by atoms with Crippen molar-refractivity contribution in [1.82, 2.24) is 0 Å². The first-order valence-electron chi connectivity index (χ1n) is 9.26. The molecule has 0 aromatic heterocycles. The fourth-order valence-electron chi connectivity index (χ4n) is 3.43. The summed E-state index contributed by atoms with van der Waals surface area (Å²) in [6.07, 6.45) is 9.31. The highest BCUT2D eigenvalue weighted by Crippen LogP contribution is 2.43. The van der Waals surface area contributed by atoms with Crippen LogP contribution in [0.15, 0.2) is 35.4 Å². The van der Waals surface area contributed by atoms with Gasteiger partial charge in [-0.1, -0.05) is 37.5 Å². The number of rotatable bonds is 8. The number of ether oxygens (including phenoxy) is 3. The summed E-state index contributed by atoms with van der Waals surface area (Å²) < 4.78 is 16.4. The summed E-state index contributed by atoms with van der Waals surface area (Å²) in [4.78, 5) is 12.3. The Kier molecular flexibility index (Phi) is 7.31. The number of unbranched alkanes of at least 4 members (excludes halogenated alkanes) is 2. The van der Waals surface area contributed by atoms with Crippen LogP contribution in [0.1, 0.15) is 56.6 Å². The maximum absolute atomic E-state index is 12.3. The molecule has 1 aromatic rings. The predicted octanol–water partition coefficient (Wildman–Crippen LogP) is 4.97. The van der Waals surface area contributed by atoms with Gasteiger partial charge >= 0.3 is 5.97 Å². The van der Waals surface area contributed by atoms with E-state index in [1.54, 1.807) is 14.2 Å². The predicted molar refractivity (Wildman–Crippen MR) is 104 cm³/mol. The second kappa shape index (κ2) is 9.46. The van der Waals surface area contributed by atoms with Gasteiger partial charge in [-0.25, -0.2) is 4.79 Å².